The summed E-state index contributed by atoms with van der Waals surface area (Å²) in [5.74, 6) is 0.507. The fraction of sp³-hybridized carbons (Fsp3) is 0.214. The third-order valence-electron chi connectivity index (χ3n) is 3.05. The van der Waals surface area contributed by atoms with Gasteiger partial charge in [0.15, 0.2) is 0 Å². The Labute approximate surface area is 115 Å². The van der Waals surface area contributed by atoms with E-state index in [0.29, 0.717) is 5.89 Å². The summed E-state index contributed by atoms with van der Waals surface area (Å²) in [6.07, 6.45) is 0. The van der Waals surface area contributed by atoms with Crippen molar-refractivity contribution in [3.63, 3.8) is 0 Å². The number of nitrogens with one attached hydrogen (secondary N) is 1. The highest BCUT2D eigenvalue weighted by Gasteiger charge is 2.13. The van der Waals surface area contributed by atoms with Gasteiger partial charge in [-0.25, -0.2) is 5.10 Å². The van der Waals surface area contributed by atoms with Crippen molar-refractivity contribution in [3.05, 3.63) is 39.9 Å². The number of benzene rings is 1. The van der Waals surface area contributed by atoms with Gasteiger partial charge in [-0.05, 0) is 56.2 Å². The minimum atomic E-state index is 0.280. The van der Waals surface area contributed by atoms with Crippen LogP contribution < -0.4 is 0 Å². The molecule has 0 bridgehead atoms. The second kappa shape index (κ2) is 4.28. The summed E-state index contributed by atoms with van der Waals surface area (Å²) in [6, 6.07) is 6.17. The summed E-state index contributed by atoms with van der Waals surface area (Å²) in [5.41, 5.74) is 5.15. The SMILES string of the molecule is Cc1cc(C)c2c(-c3n[nH]c(=S)o3)cc(C)nc2c1. The van der Waals surface area contributed by atoms with Crippen LogP contribution in [0, 0.1) is 25.6 Å². The van der Waals surface area contributed by atoms with Crippen LogP contribution in [-0.2, 0) is 0 Å². The molecule has 5 heteroatoms. The minimum Gasteiger partial charge on any atom is -0.409 e. The quantitative estimate of drug-likeness (QED) is 0.682. The third-order valence-corrected chi connectivity index (χ3v) is 3.22. The van der Waals surface area contributed by atoms with E-state index in [2.05, 4.69) is 41.2 Å². The first kappa shape index (κ1) is 12.0. The van der Waals surface area contributed by atoms with Crippen LogP contribution in [0.2, 0.25) is 0 Å². The van der Waals surface area contributed by atoms with Crippen LogP contribution in [-0.4, -0.2) is 15.2 Å². The van der Waals surface area contributed by atoms with Crippen molar-refractivity contribution in [2.75, 3.05) is 0 Å². The van der Waals surface area contributed by atoms with Crippen LogP contribution in [0.5, 0.6) is 0 Å². The molecule has 2 aromatic heterocycles. The number of rotatable bonds is 1. The molecule has 0 aliphatic heterocycles. The maximum atomic E-state index is 5.44. The summed E-state index contributed by atoms with van der Waals surface area (Å²) >= 11 is 4.94. The molecule has 0 radical (unpaired) electrons. The lowest BCUT2D eigenvalue weighted by molar-refractivity contribution is 0.552. The molecule has 0 saturated heterocycles. The summed E-state index contributed by atoms with van der Waals surface area (Å²) in [5, 5.41) is 7.83. The van der Waals surface area contributed by atoms with Gasteiger partial charge in [0, 0.05) is 11.1 Å². The summed E-state index contributed by atoms with van der Waals surface area (Å²) < 4.78 is 5.44. The fourth-order valence-electron chi connectivity index (χ4n) is 2.40. The van der Waals surface area contributed by atoms with Crippen LogP contribution in [0.25, 0.3) is 22.4 Å². The lowest BCUT2D eigenvalue weighted by Gasteiger charge is -2.08. The van der Waals surface area contributed by atoms with Gasteiger partial charge in [-0.2, -0.15) is 0 Å². The van der Waals surface area contributed by atoms with Gasteiger partial charge in [-0.3, -0.25) is 4.98 Å². The zero-order valence-electron chi connectivity index (χ0n) is 10.9. The van der Waals surface area contributed by atoms with Gasteiger partial charge in [-0.1, -0.05) is 6.07 Å². The number of pyridine rings is 1. The Balaban J connectivity index is 2.44. The first-order valence-corrected chi connectivity index (χ1v) is 6.40. The Morgan fingerprint density at radius 2 is 1.95 bits per heavy atom. The minimum absolute atomic E-state index is 0.280. The Morgan fingerprint density at radius 1 is 1.16 bits per heavy atom. The smallest absolute Gasteiger partial charge is 0.284 e. The number of aromatic nitrogens is 3. The van der Waals surface area contributed by atoms with Gasteiger partial charge in [0.05, 0.1) is 11.1 Å². The van der Waals surface area contributed by atoms with Crippen molar-refractivity contribution in [2.24, 2.45) is 0 Å². The lowest BCUT2D eigenvalue weighted by atomic mass is 10.0. The molecule has 19 heavy (non-hydrogen) atoms. The maximum Gasteiger partial charge on any atom is 0.284 e. The molecule has 4 nitrogen and oxygen atoms in total. The fourth-order valence-corrected chi connectivity index (χ4v) is 2.53. The normalized spacial score (nSPS) is 11.1. The monoisotopic (exact) mass is 271 g/mol. The van der Waals surface area contributed by atoms with Crippen molar-refractivity contribution in [3.8, 4) is 11.5 Å². The van der Waals surface area contributed by atoms with E-state index < -0.39 is 0 Å². The molecule has 0 atom stereocenters. The van der Waals surface area contributed by atoms with Crippen molar-refractivity contribution in [2.45, 2.75) is 20.8 Å². The lowest BCUT2D eigenvalue weighted by Crippen LogP contribution is -1.92. The van der Waals surface area contributed by atoms with Gasteiger partial charge in [0.25, 0.3) is 4.84 Å². The number of nitrogens with zero attached hydrogens (tertiary/aromatic N) is 2. The molecule has 0 aliphatic rings. The zero-order chi connectivity index (χ0) is 13.6. The standard InChI is InChI=1S/C14H13N3OS/c1-7-4-8(2)12-10(13-16-17-14(19)18-13)6-9(3)15-11(12)5-7/h4-6H,1-3H3,(H,17,19). The largest absolute Gasteiger partial charge is 0.409 e. The molecule has 0 spiro atoms. The molecule has 0 amide bonds. The van der Waals surface area contributed by atoms with Gasteiger partial charge < -0.3 is 4.42 Å². The molecule has 1 N–H and O–H groups in total. The second-order valence-corrected chi connectivity index (χ2v) is 5.08. The molecule has 3 rings (SSSR count). The zero-order valence-corrected chi connectivity index (χ0v) is 11.8. The highest BCUT2D eigenvalue weighted by atomic mass is 32.1. The number of H-pyrrole nitrogens is 1. The van der Waals surface area contributed by atoms with E-state index in [1.165, 1.54) is 5.56 Å². The molecule has 96 valence electrons. The Bertz CT molecular complexity index is 827. The van der Waals surface area contributed by atoms with E-state index in [9.17, 15) is 0 Å². The molecule has 3 aromatic rings. The number of fused-ring (bicyclic) bond motifs is 1. The van der Waals surface area contributed by atoms with Crippen molar-refractivity contribution in [1.29, 1.82) is 0 Å². The van der Waals surface area contributed by atoms with E-state index in [1.54, 1.807) is 0 Å². The van der Waals surface area contributed by atoms with Gasteiger partial charge in [-0.15, -0.1) is 5.10 Å². The predicted octanol–water partition coefficient (Wildman–Crippen LogP) is 3.87. The Morgan fingerprint density at radius 3 is 2.63 bits per heavy atom. The van der Waals surface area contributed by atoms with Crippen LogP contribution in [0.15, 0.2) is 22.6 Å². The van der Waals surface area contributed by atoms with Gasteiger partial charge in [0.2, 0.25) is 5.89 Å². The first-order valence-electron chi connectivity index (χ1n) is 5.99. The first-order chi connectivity index (χ1) is 9.04. The number of aryl methyl sites for hydroxylation is 3. The highest BCUT2D eigenvalue weighted by molar-refractivity contribution is 7.71. The van der Waals surface area contributed by atoms with Gasteiger partial charge >= 0.3 is 0 Å². The van der Waals surface area contributed by atoms with E-state index >= 15 is 0 Å². The van der Waals surface area contributed by atoms with Crippen LogP contribution >= 0.6 is 12.2 Å². The number of hydrogen-bond donors (Lipinski definition) is 1. The van der Waals surface area contributed by atoms with E-state index in [-0.39, 0.29) is 4.84 Å². The van der Waals surface area contributed by atoms with E-state index in [1.807, 2.05) is 13.0 Å². The second-order valence-electron chi connectivity index (χ2n) is 4.71. The average molecular weight is 271 g/mol. The summed E-state index contributed by atoms with van der Waals surface area (Å²) in [4.78, 5) is 4.86. The van der Waals surface area contributed by atoms with Crippen molar-refractivity contribution < 1.29 is 4.42 Å². The average Bonchev–Trinajstić information content (AvgIpc) is 2.73. The maximum absolute atomic E-state index is 5.44. The van der Waals surface area contributed by atoms with Crippen LogP contribution in [0.3, 0.4) is 0 Å². The summed E-state index contributed by atoms with van der Waals surface area (Å²) in [7, 11) is 0. The number of aromatic amines is 1. The number of hydrogen-bond acceptors (Lipinski definition) is 4. The molecule has 1 aromatic carbocycles. The predicted molar refractivity (Wildman–Crippen MR) is 76.6 cm³/mol. The van der Waals surface area contributed by atoms with E-state index in [4.69, 9.17) is 16.6 Å². The molecule has 2 heterocycles. The van der Waals surface area contributed by atoms with Crippen molar-refractivity contribution >= 4 is 23.1 Å². The molecule has 0 aliphatic carbocycles. The summed E-state index contributed by atoms with van der Waals surface area (Å²) in [6.45, 7) is 6.09. The van der Waals surface area contributed by atoms with Crippen LogP contribution in [0.4, 0.5) is 0 Å². The molecular formula is C14H13N3OS. The van der Waals surface area contributed by atoms with Crippen LogP contribution in [0.1, 0.15) is 16.8 Å². The molecular weight excluding hydrogens is 258 g/mol. The molecule has 0 saturated carbocycles. The molecule has 0 fully saturated rings. The Hall–Kier alpha value is -2.01. The van der Waals surface area contributed by atoms with Crippen molar-refractivity contribution in [1.82, 2.24) is 15.2 Å². The van der Waals surface area contributed by atoms with Gasteiger partial charge in [0.1, 0.15) is 0 Å². The highest BCUT2D eigenvalue weighted by Crippen LogP contribution is 2.30. The molecule has 0 unspecified atom stereocenters. The van der Waals surface area contributed by atoms with E-state index in [0.717, 1.165) is 27.7 Å². The Kier molecular flexibility index (Phi) is 2.71. The topological polar surface area (TPSA) is 54.7 Å². The third kappa shape index (κ3) is 2.06.